The average molecular weight is 466 g/mol. The molecule has 0 fully saturated rings. The van der Waals surface area contributed by atoms with Gasteiger partial charge in [0.15, 0.2) is 0 Å². The topological polar surface area (TPSA) is 101 Å². The Hall–Kier alpha value is -4.04. The van der Waals surface area contributed by atoms with Gasteiger partial charge in [-0.3, -0.25) is 14.4 Å². The first kappa shape index (κ1) is 22.2. The largest absolute Gasteiger partial charge is 0.497 e. The van der Waals surface area contributed by atoms with Gasteiger partial charge in [-0.1, -0.05) is 17.7 Å². The monoisotopic (exact) mass is 465 g/mol. The fraction of sp³-hybridized carbons (Fsp3) is 0.125. The number of carbonyl (C=O) groups excluding carboxylic acids is 3. The molecule has 8 nitrogen and oxygen atoms in total. The van der Waals surface area contributed by atoms with Gasteiger partial charge in [0.1, 0.15) is 22.2 Å². The number of nitrogens with zero attached hydrogens (tertiary/aromatic N) is 1. The van der Waals surface area contributed by atoms with E-state index in [9.17, 15) is 14.4 Å². The Morgan fingerprint density at radius 3 is 2.52 bits per heavy atom. The molecule has 0 bridgehead atoms. The smallest absolute Gasteiger partial charge is 0.283 e. The molecule has 4 rings (SSSR count). The maximum absolute atomic E-state index is 13.0. The number of ether oxygens (including phenoxy) is 1. The van der Waals surface area contributed by atoms with Gasteiger partial charge in [0.2, 0.25) is 0 Å². The summed E-state index contributed by atoms with van der Waals surface area (Å²) >= 11 is 6.23. The Balaban J connectivity index is 1.53. The maximum atomic E-state index is 13.0. The SMILES string of the molecule is COc1ccc(N2C(=O)C(Cl)=C(Nc3cc(C(=O)NCc4ccco4)ccc3C)C2=O)cc1. The molecule has 0 spiro atoms. The van der Waals surface area contributed by atoms with Crippen LogP contribution >= 0.6 is 11.6 Å². The van der Waals surface area contributed by atoms with E-state index in [1.165, 1.54) is 13.4 Å². The molecule has 1 aliphatic heterocycles. The van der Waals surface area contributed by atoms with Crippen LogP contribution in [0.25, 0.3) is 0 Å². The van der Waals surface area contributed by atoms with Crippen molar-refractivity contribution >= 4 is 40.7 Å². The zero-order valence-electron chi connectivity index (χ0n) is 17.8. The van der Waals surface area contributed by atoms with Crippen molar-refractivity contribution < 1.29 is 23.5 Å². The molecule has 1 aliphatic rings. The van der Waals surface area contributed by atoms with Crippen molar-refractivity contribution in [3.8, 4) is 5.75 Å². The van der Waals surface area contributed by atoms with Crippen LogP contribution in [-0.2, 0) is 16.1 Å². The Morgan fingerprint density at radius 1 is 1.09 bits per heavy atom. The van der Waals surface area contributed by atoms with Crippen molar-refractivity contribution in [3.63, 3.8) is 0 Å². The number of benzene rings is 2. The molecule has 0 radical (unpaired) electrons. The van der Waals surface area contributed by atoms with Crippen molar-refractivity contribution in [2.24, 2.45) is 0 Å². The molecule has 9 heteroatoms. The van der Waals surface area contributed by atoms with Crippen LogP contribution in [0.3, 0.4) is 0 Å². The predicted octanol–water partition coefficient (Wildman–Crippen LogP) is 3.96. The van der Waals surface area contributed by atoms with Crippen molar-refractivity contribution in [1.29, 1.82) is 0 Å². The Bertz CT molecular complexity index is 1250. The van der Waals surface area contributed by atoms with Crippen LogP contribution in [0, 0.1) is 6.92 Å². The Morgan fingerprint density at radius 2 is 1.85 bits per heavy atom. The lowest BCUT2D eigenvalue weighted by molar-refractivity contribution is -0.120. The molecule has 1 aromatic heterocycles. The zero-order valence-corrected chi connectivity index (χ0v) is 18.6. The highest BCUT2D eigenvalue weighted by Crippen LogP contribution is 2.32. The fourth-order valence-electron chi connectivity index (χ4n) is 3.29. The van der Waals surface area contributed by atoms with E-state index >= 15 is 0 Å². The number of hydrogen-bond donors (Lipinski definition) is 2. The zero-order chi connectivity index (χ0) is 23.5. The number of furan rings is 1. The molecule has 2 heterocycles. The number of rotatable bonds is 7. The van der Waals surface area contributed by atoms with Crippen LogP contribution < -0.4 is 20.3 Å². The highest BCUT2D eigenvalue weighted by molar-refractivity contribution is 6.53. The molecular weight excluding hydrogens is 446 g/mol. The number of methoxy groups -OCH3 is 1. The summed E-state index contributed by atoms with van der Waals surface area (Å²) in [5.41, 5.74) is 1.91. The minimum absolute atomic E-state index is 0.0614. The van der Waals surface area contributed by atoms with E-state index in [4.69, 9.17) is 20.8 Å². The normalized spacial score (nSPS) is 13.5. The van der Waals surface area contributed by atoms with E-state index < -0.39 is 11.8 Å². The predicted molar refractivity (Wildman–Crippen MR) is 123 cm³/mol. The van der Waals surface area contributed by atoms with Crippen LogP contribution in [0.4, 0.5) is 11.4 Å². The summed E-state index contributed by atoms with van der Waals surface area (Å²) in [4.78, 5) is 39.3. The lowest BCUT2D eigenvalue weighted by Gasteiger charge is -2.16. The standard InChI is InChI=1S/C24H20ClN3O5/c1-14-5-6-15(22(29)26-13-18-4-3-11-33-18)12-19(14)27-21-20(25)23(30)28(24(21)31)16-7-9-17(32-2)10-8-16/h3-12,27H,13H2,1-2H3,(H,26,29). The first-order chi connectivity index (χ1) is 15.9. The molecule has 3 aromatic rings. The molecule has 0 saturated heterocycles. The molecular formula is C24H20ClN3O5. The van der Waals surface area contributed by atoms with Crippen LogP contribution in [0.15, 0.2) is 76.0 Å². The highest BCUT2D eigenvalue weighted by atomic mass is 35.5. The summed E-state index contributed by atoms with van der Waals surface area (Å²) in [6.45, 7) is 2.05. The number of amides is 3. The summed E-state index contributed by atoms with van der Waals surface area (Å²) in [5, 5.41) is 5.47. The lowest BCUT2D eigenvalue weighted by atomic mass is 10.1. The molecule has 2 N–H and O–H groups in total. The first-order valence-corrected chi connectivity index (χ1v) is 10.4. The summed E-state index contributed by atoms with van der Waals surface area (Å²) in [5.74, 6) is -0.336. The van der Waals surface area contributed by atoms with Crippen molar-refractivity contribution in [2.75, 3.05) is 17.3 Å². The van der Waals surface area contributed by atoms with Gasteiger partial charge >= 0.3 is 0 Å². The van der Waals surface area contributed by atoms with Crippen molar-refractivity contribution in [2.45, 2.75) is 13.5 Å². The fourth-order valence-corrected chi connectivity index (χ4v) is 3.50. The van der Waals surface area contributed by atoms with Gasteiger partial charge in [0.05, 0.1) is 25.6 Å². The van der Waals surface area contributed by atoms with Gasteiger partial charge in [0.25, 0.3) is 17.7 Å². The van der Waals surface area contributed by atoms with E-state index in [-0.39, 0.29) is 23.2 Å². The third-order valence-corrected chi connectivity index (χ3v) is 5.47. The quantitative estimate of drug-likeness (QED) is 0.512. The number of halogens is 1. The van der Waals surface area contributed by atoms with Crippen LogP contribution in [0.1, 0.15) is 21.7 Å². The van der Waals surface area contributed by atoms with E-state index in [0.29, 0.717) is 28.4 Å². The lowest BCUT2D eigenvalue weighted by Crippen LogP contribution is -2.32. The second-order valence-corrected chi connectivity index (χ2v) is 7.63. The molecule has 0 saturated carbocycles. The van der Waals surface area contributed by atoms with Gasteiger partial charge in [-0.05, 0) is 61.0 Å². The van der Waals surface area contributed by atoms with E-state index in [1.807, 2.05) is 6.92 Å². The molecule has 168 valence electrons. The number of carbonyl (C=O) groups is 3. The van der Waals surface area contributed by atoms with Gasteiger partial charge in [-0.25, -0.2) is 4.90 Å². The average Bonchev–Trinajstić information content (AvgIpc) is 3.42. The number of hydrogen-bond acceptors (Lipinski definition) is 6. The van der Waals surface area contributed by atoms with Crippen LogP contribution in [0.2, 0.25) is 0 Å². The van der Waals surface area contributed by atoms with Crippen LogP contribution in [0.5, 0.6) is 5.75 Å². The summed E-state index contributed by atoms with van der Waals surface area (Å²) in [6.07, 6.45) is 1.53. The second-order valence-electron chi connectivity index (χ2n) is 7.25. The van der Waals surface area contributed by atoms with Gasteiger partial charge < -0.3 is 19.8 Å². The summed E-state index contributed by atoms with van der Waals surface area (Å²) in [7, 11) is 1.52. The molecule has 0 atom stereocenters. The minimum Gasteiger partial charge on any atom is -0.497 e. The Kier molecular flexibility index (Phi) is 6.19. The maximum Gasteiger partial charge on any atom is 0.283 e. The number of aryl methyl sites for hydroxylation is 1. The Labute approximate surface area is 194 Å². The molecule has 33 heavy (non-hydrogen) atoms. The van der Waals surface area contributed by atoms with Gasteiger partial charge in [-0.2, -0.15) is 0 Å². The second kappa shape index (κ2) is 9.22. The van der Waals surface area contributed by atoms with E-state index in [0.717, 1.165) is 10.5 Å². The van der Waals surface area contributed by atoms with Crippen LogP contribution in [-0.4, -0.2) is 24.8 Å². The summed E-state index contributed by atoms with van der Waals surface area (Å²) in [6, 6.07) is 15.0. The number of anilines is 2. The number of nitrogens with one attached hydrogen (secondary N) is 2. The molecule has 3 amide bonds. The van der Waals surface area contributed by atoms with E-state index in [2.05, 4.69) is 10.6 Å². The number of imide groups is 1. The van der Waals surface area contributed by atoms with Crippen molar-refractivity contribution in [1.82, 2.24) is 5.32 Å². The first-order valence-electron chi connectivity index (χ1n) is 10.00. The third-order valence-electron chi connectivity index (χ3n) is 5.12. The van der Waals surface area contributed by atoms with Gasteiger partial charge in [-0.15, -0.1) is 0 Å². The highest BCUT2D eigenvalue weighted by Gasteiger charge is 2.39. The molecule has 0 aliphatic carbocycles. The minimum atomic E-state index is -0.640. The molecule has 0 unspecified atom stereocenters. The van der Waals surface area contributed by atoms with Crippen molar-refractivity contribution in [3.05, 3.63) is 88.5 Å². The summed E-state index contributed by atoms with van der Waals surface area (Å²) < 4.78 is 10.3. The van der Waals surface area contributed by atoms with Gasteiger partial charge in [0, 0.05) is 11.3 Å². The van der Waals surface area contributed by atoms with E-state index in [1.54, 1.807) is 54.6 Å². The molecule has 2 aromatic carbocycles. The third kappa shape index (κ3) is 4.47.